The normalized spacial score (nSPS) is 20.9. The van der Waals surface area contributed by atoms with Gasteiger partial charge in [0.05, 0.1) is 0 Å². The summed E-state index contributed by atoms with van der Waals surface area (Å²) in [5.41, 5.74) is 0.536. The minimum Gasteiger partial charge on any atom is -0.375 e. The van der Waals surface area contributed by atoms with Crippen molar-refractivity contribution in [2.45, 2.75) is 65.7 Å². The van der Waals surface area contributed by atoms with Crippen LogP contribution in [0.4, 0.5) is 0 Å². The van der Waals surface area contributed by atoms with E-state index in [0.717, 1.165) is 0 Å². The zero-order valence-corrected chi connectivity index (χ0v) is 16.5. The Labute approximate surface area is 130 Å². The molecule has 1 aliphatic heterocycles. The molecule has 1 aromatic carbocycles. The van der Waals surface area contributed by atoms with Gasteiger partial charge in [0.25, 0.3) is 0 Å². The highest BCUT2D eigenvalue weighted by atomic mass is 28.4. The fourth-order valence-electron chi connectivity index (χ4n) is 4.07. The van der Waals surface area contributed by atoms with Crippen molar-refractivity contribution in [2.24, 2.45) is 0 Å². The van der Waals surface area contributed by atoms with Crippen LogP contribution in [-0.4, -0.2) is 41.2 Å². The van der Waals surface area contributed by atoms with Crippen molar-refractivity contribution in [3.8, 4) is 0 Å². The second kappa shape index (κ2) is 4.97. The summed E-state index contributed by atoms with van der Waals surface area (Å²) in [6, 6.07) is 11.2. The summed E-state index contributed by atoms with van der Waals surface area (Å²) in [6.07, 6.45) is 0. The van der Waals surface area contributed by atoms with Crippen molar-refractivity contribution in [2.75, 3.05) is 0 Å². The van der Waals surface area contributed by atoms with Crippen molar-refractivity contribution in [1.82, 2.24) is 7.10 Å². The lowest BCUT2D eigenvalue weighted by atomic mass is 10.1. The number of hydrogen-bond acceptors (Lipinski definition) is 2. The monoisotopic (exact) mass is 304 g/mol. The smallest absolute Gasteiger partial charge is 0.375 e. The molecule has 4 heteroatoms. The lowest BCUT2D eigenvalue weighted by molar-refractivity contribution is 0.213. The van der Waals surface area contributed by atoms with Gasteiger partial charge in [0.15, 0.2) is 8.40 Å². The Balaban J connectivity index is 2.48. The molecule has 0 saturated carbocycles. The molecule has 110 valence electrons. The summed E-state index contributed by atoms with van der Waals surface area (Å²) in [5, 5.41) is 0. The number of hydrogen-bond donors (Lipinski definition) is 0. The van der Waals surface area contributed by atoms with Gasteiger partial charge in [0.2, 0.25) is 0 Å². The minimum absolute atomic E-state index is 0.268. The maximum absolute atomic E-state index is 2.90. The zero-order valence-electron chi connectivity index (χ0n) is 14.4. The third kappa shape index (κ3) is 2.65. The van der Waals surface area contributed by atoms with Gasteiger partial charge in [-0.3, -0.25) is 0 Å². The first-order chi connectivity index (χ1) is 8.97. The molecule has 1 heterocycles. The van der Waals surface area contributed by atoms with Crippen LogP contribution in [0.5, 0.6) is 0 Å². The van der Waals surface area contributed by atoms with Gasteiger partial charge in [-0.2, -0.15) is 0 Å². The van der Waals surface area contributed by atoms with E-state index in [0.29, 0.717) is 0 Å². The van der Waals surface area contributed by atoms with E-state index < -0.39 is 23.0 Å². The molecule has 0 bridgehead atoms. The first-order valence-electron chi connectivity index (χ1n) is 7.61. The molecule has 1 aliphatic rings. The van der Waals surface area contributed by atoms with E-state index in [4.69, 9.17) is 0 Å². The summed E-state index contributed by atoms with van der Waals surface area (Å²) in [5.74, 6) is 0. The molecule has 1 saturated heterocycles. The molecule has 1 fully saturated rings. The van der Waals surface area contributed by atoms with Crippen LogP contribution < -0.4 is 4.43 Å². The van der Waals surface area contributed by atoms with Crippen molar-refractivity contribution in [3.05, 3.63) is 30.3 Å². The molecule has 0 N–H and O–H groups in total. The molecule has 2 rings (SSSR count). The fraction of sp³-hybridized carbons (Fsp3) is 0.625. The molecular weight excluding hydrogens is 275 g/mol. The van der Waals surface area contributed by atoms with Gasteiger partial charge in [-0.1, -0.05) is 34.8 Å². The maximum Gasteiger partial charge on any atom is 0.518 e. The summed E-state index contributed by atoms with van der Waals surface area (Å²) >= 11 is -1.24. The minimum atomic E-state index is -1.50. The highest BCUT2D eigenvalue weighted by Gasteiger charge is 2.65. The van der Waals surface area contributed by atoms with E-state index in [1.54, 1.807) is 4.43 Å². The van der Waals surface area contributed by atoms with Gasteiger partial charge in [0, 0.05) is 0 Å². The van der Waals surface area contributed by atoms with E-state index in [2.05, 4.69) is 92.1 Å². The van der Waals surface area contributed by atoms with E-state index in [9.17, 15) is 0 Å². The Hall–Kier alpha value is -0.111. The highest BCUT2D eigenvalue weighted by Crippen LogP contribution is 2.41. The molecule has 2 nitrogen and oxygen atoms in total. The summed E-state index contributed by atoms with van der Waals surface area (Å²) in [7, 11) is -1.50. The van der Waals surface area contributed by atoms with E-state index >= 15 is 0 Å². The Morgan fingerprint density at radius 3 is 1.55 bits per heavy atom. The number of benzene rings is 1. The second-order valence-corrected chi connectivity index (χ2v) is 15.8. The summed E-state index contributed by atoms with van der Waals surface area (Å²) in [6.45, 7) is 19.3. The molecule has 0 spiro atoms. The van der Waals surface area contributed by atoms with E-state index in [-0.39, 0.29) is 11.1 Å². The number of rotatable bonds is 1. The van der Waals surface area contributed by atoms with Crippen molar-refractivity contribution in [3.63, 3.8) is 0 Å². The van der Waals surface area contributed by atoms with Crippen LogP contribution in [0.2, 0.25) is 13.1 Å². The first-order valence-corrected chi connectivity index (χ1v) is 12.1. The van der Waals surface area contributed by atoms with Crippen LogP contribution in [0, 0.1) is 0 Å². The predicted molar refractivity (Wildman–Crippen MR) is 92.5 cm³/mol. The standard InChI is InChI=1S/C10H24N2Si.C6H5.Al/c1-9(2,3)11-13(7,8)12-10(4,5)6;1-2-4-6-5-3-1;/h1-8H3;1-5H;/q-2;;+2. The Morgan fingerprint density at radius 2 is 1.20 bits per heavy atom. The van der Waals surface area contributed by atoms with E-state index in [1.807, 2.05) is 0 Å². The molecule has 0 atom stereocenters. The average Bonchev–Trinajstić information content (AvgIpc) is 2.23. The largest absolute Gasteiger partial charge is 0.518 e. The lowest BCUT2D eigenvalue weighted by Gasteiger charge is -2.70. The number of nitrogens with zero attached hydrogens (tertiary/aromatic N) is 2. The van der Waals surface area contributed by atoms with Crippen LogP contribution in [0.15, 0.2) is 30.3 Å². The predicted octanol–water partition coefficient (Wildman–Crippen LogP) is 3.30. The van der Waals surface area contributed by atoms with Crippen LogP contribution in [0.3, 0.4) is 0 Å². The molecule has 0 unspecified atom stereocenters. The Kier molecular flexibility index (Phi) is 4.04. The van der Waals surface area contributed by atoms with Gasteiger partial charge < -0.3 is 7.10 Å². The third-order valence-corrected chi connectivity index (χ3v) is 16.7. The van der Waals surface area contributed by atoms with Gasteiger partial charge in [-0.25, -0.2) is 0 Å². The van der Waals surface area contributed by atoms with Gasteiger partial charge in [-0.15, -0.1) is 0 Å². The molecule has 0 radical (unpaired) electrons. The van der Waals surface area contributed by atoms with Gasteiger partial charge in [-0.05, 0) is 65.7 Å². The summed E-state index contributed by atoms with van der Waals surface area (Å²) in [4.78, 5) is 0. The third-order valence-electron chi connectivity index (χ3n) is 4.21. The second-order valence-electron chi connectivity index (χ2n) is 8.36. The van der Waals surface area contributed by atoms with Crippen molar-refractivity contribution < 1.29 is 0 Å². The molecule has 20 heavy (non-hydrogen) atoms. The fourth-order valence-corrected chi connectivity index (χ4v) is 16.7. The van der Waals surface area contributed by atoms with Gasteiger partial charge >= 0.3 is 14.6 Å². The SMILES string of the molecule is CC(C)(C)[N]1[Al]([c]2ccccc2)[N](C(C)(C)C)[Si]1(C)C. The first kappa shape index (κ1) is 16.3. The van der Waals surface area contributed by atoms with Crippen LogP contribution >= 0.6 is 0 Å². The van der Waals surface area contributed by atoms with Crippen LogP contribution in [0.25, 0.3) is 0 Å². The molecule has 0 aliphatic carbocycles. The zero-order chi connectivity index (χ0) is 15.3. The topological polar surface area (TPSA) is 6.48 Å². The lowest BCUT2D eigenvalue weighted by Crippen LogP contribution is -2.93. The molecular formula is C16H29AlN2Si. The summed E-state index contributed by atoms with van der Waals surface area (Å²) < 4.78 is 7.37. The highest BCUT2D eigenvalue weighted by molar-refractivity contribution is 7.01. The van der Waals surface area contributed by atoms with Crippen LogP contribution in [0.1, 0.15) is 41.5 Å². The van der Waals surface area contributed by atoms with Crippen LogP contribution in [-0.2, 0) is 0 Å². The quantitative estimate of drug-likeness (QED) is 0.735. The van der Waals surface area contributed by atoms with Crippen molar-refractivity contribution >= 4 is 27.4 Å². The van der Waals surface area contributed by atoms with Gasteiger partial charge in [0.1, 0.15) is 0 Å². The molecule has 0 aromatic heterocycles. The molecule has 0 amide bonds. The van der Waals surface area contributed by atoms with E-state index in [1.165, 1.54) is 0 Å². The molecule has 1 aromatic rings. The van der Waals surface area contributed by atoms with Crippen molar-refractivity contribution in [1.29, 1.82) is 0 Å². The average molecular weight is 304 g/mol. The Morgan fingerprint density at radius 1 is 0.800 bits per heavy atom. The maximum atomic E-state index is 2.90. The Bertz CT molecular complexity index is 449.